The van der Waals surface area contributed by atoms with Crippen LogP contribution in [-0.2, 0) is 17.3 Å². The summed E-state index contributed by atoms with van der Waals surface area (Å²) in [5, 5.41) is -0.344. The fourth-order valence-electron chi connectivity index (χ4n) is 2.05. The van der Waals surface area contributed by atoms with Crippen LogP contribution in [-0.4, -0.2) is 18.3 Å². The largest absolute Gasteiger partial charge is 0.768 e. The minimum Gasteiger partial charge on any atom is -0.768 e. The highest BCUT2D eigenvalue weighted by molar-refractivity contribution is 7.79. The molecule has 1 aromatic carbocycles. The number of halogens is 4. The number of rotatable bonds is 2. The molecule has 5 nitrogen and oxygen atoms in total. The topological polar surface area (TPSA) is 75.0 Å². The molecule has 0 aliphatic rings. The number of fused-ring (bicyclic) bond motifs is 1. The van der Waals surface area contributed by atoms with E-state index in [4.69, 9.17) is 11.6 Å². The number of hydrogen-bond donors (Lipinski definition) is 0. The number of hydrogen-bond acceptors (Lipinski definition) is 5. The molecule has 0 bridgehead atoms. The van der Waals surface area contributed by atoms with Gasteiger partial charge in [-0.2, -0.15) is 13.2 Å². The van der Waals surface area contributed by atoms with Gasteiger partial charge >= 0.3 is 11.0 Å². The average molecular weight is 394 g/mol. The van der Waals surface area contributed by atoms with Gasteiger partial charge in [-0.15, -0.1) is 0 Å². The van der Waals surface area contributed by atoms with Gasteiger partial charge in [0.15, 0.2) is 5.82 Å². The lowest BCUT2D eigenvalue weighted by Crippen LogP contribution is -2.14. The minimum absolute atomic E-state index is 0.0117. The zero-order valence-corrected chi connectivity index (χ0v) is 13.7. The van der Waals surface area contributed by atoms with Crippen LogP contribution in [0.25, 0.3) is 16.0 Å². The number of alkyl halides is 3. The van der Waals surface area contributed by atoms with Crippen LogP contribution in [0.15, 0.2) is 40.2 Å². The van der Waals surface area contributed by atoms with Crippen molar-refractivity contribution in [1.29, 1.82) is 0 Å². The van der Waals surface area contributed by atoms with Crippen molar-refractivity contribution in [2.45, 2.75) is 11.1 Å². The highest BCUT2D eigenvalue weighted by Gasteiger charge is 2.32. The van der Waals surface area contributed by atoms with Gasteiger partial charge in [0.1, 0.15) is 0 Å². The molecular weight excluding hydrogens is 389 g/mol. The summed E-state index contributed by atoms with van der Waals surface area (Å²) < 4.78 is 61.3. The monoisotopic (exact) mass is 393 g/mol. The Balaban J connectivity index is 2.22. The molecule has 1 unspecified atom stereocenters. The molecule has 0 fully saturated rings. The number of pyridine rings is 1. The maximum Gasteiger partial charge on any atom is 0.417 e. The van der Waals surface area contributed by atoms with Crippen LogP contribution < -0.4 is 4.87 Å². The van der Waals surface area contributed by atoms with Gasteiger partial charge in [0.2, 0.25) is 0 Å². The van der Waals surface area contributed by atoms with Crippen LogP contribution in [0, 0.1) is 0 Å². The maximum absolute atomic E-state index is 12.7. The van der Waals surface area contributed by atoms with Gasteiger partial charge in [0, 0.05) is 11.1 Å². The predicted octanol–water partition coefficient (Wildman–Crippen LogP) is 3.36. The van der Waals surface area contributed by atoms with Crippen LogP contribution in [0.1, 0.15) is 5.56 Å². The predicted molar refractivity (Wildman–Crippen MR) is 82.4 cm³/mol. The van der Waals surface area contributed by atoms with Gasteiger partial charge in [-0.3, -0.25) is 9.00 Å². The van der Waals surface area contributed by atoms with Crippen molar-refractivity contribution in [3.8, 4) is 5.82 Å². The number of nitrogens with zero attached hydrogens (tertiary/aromatic N) is 2. The van der Waals surface area contributed by atoms with Crippen molar-refractivity contribution in [2.24, 2.45) is 0 Å². The fraction of sp³-hybridized carbons (Fsp3) is 0.0769. The van der Waals surface area contributed by atoms with E-state index in [9.17, 15) is 26.7 Å². The summed E-state index contributed by atoms with van der Waals surface area (Å²) in [5.74, 6) is -0.156. The van der Waals surface area contributed by atoms with Crippen LogP contribution in [0.3, 0.4) is 0 Å². The third-order valence-corrected chi connectivity index (χ3v) is 4.93. The first-order chi connectivity index (χ1) is 11.2. The minimum atomic E-state index is -4.61. The Kier molecular flexibility index (Phi) is 4.24. The first kappa shape index (κ1) is 17.1. The highest BCUT2D eigenvalue weighted by atomic mass is 35.5. The van der Waals surface area contributed by atoms with E-state index in [1.807, 2.05) is 0 Å². The standard InChI is InChI=1S/C13H6ClF3N2O3S2/c14-8-3-6(13(15,16)17)5-18-11(8)19-9-2-1-7(24(21)22)4-10(9)23-12(19)20/h1-5H,(H,21,22)/p-1. The summed E-state index contributed by atoms with van der Waals surface area (Å²) in [5.41, 5.74) is -0.735. The van der Waals surface area contributed by atoms with Crippen LogP contribution in [0.2, 0.25) is 5.02 Å². The molecule has 11 heteroatoms. The molecular formula is C13H5ClF3N2O3S2-. The van der Waals surface area contributed by atoms with E-state index in [-0.39, 0.29) is 15.7 Å². The zero-order valence-electron chi connectivity index (χ0n) is 11.3. The van der Waals surface area contributed by atoms with Crippen LogP contribution in [0.5, 0.6) is 0 Å². The van der Waals surface area contributed by atoms with Gasteiger partial charge in [-0.1, -0.05) is 22.9 Å². The van der Waals surface area contributed by atoms with E-state index in [2.05, 4.69) is 4.98 Å². The molecule has 0 radical (unpaired) electrons. The lowest BCUT2D eigenvalue weighted by Gasteiger charge is -2.10. The van der Waals surface area contributed by atoms with Crippen molar-refractivity contribution in [3.63, 3.8) is 0 Å². The molecule has 0 aliphatic heterocycles. The van der Waals surface area contributed by atoms with Crippen LogP contribution in [0.4, 0.5) is 13.2 Å². The Labute approximate surface area is 143 Å². The van der Waals surface area contributed by atoms with Gasteiger partial charge in [0.25, 0.3) is 0 Å². The molecule has 2 aromatic heterocycles. The molecule has 0 amide bonds. The number of thiazole rings is 1. The van der Waals surface area contributed by atoms with Crippen molar-refractivity contribution < 1.29 is 21.9 Å². The number of aromatic nitrogens is 2. The summed E-state index contributed by atoms with van der Waals surface area (Å²) >= 11 is 4.14. The Morgan fingerprint density at radius 2 is 2.00 bits per heavy atom. The summed E-state index contributed by atoms with van der Waals surface area (Å²) in [4.78, 5) is 15.3. The summed E-state index contributed by atoms with van der Waals surface area (Å²) in [6, 6.07) is 4.61. The highest BCUT2D eigenvalue weighted by Crippen LogP contribution is 2.33. The van der Waals surface area contributed by atoms with Gasteiger partial charge in [0.05, 0.1) is 20.8 Å². The molecule has 24 heavy (non-hydrogen) atoms. The van der Waals surface area contributed by atoms with E-state index < -0.39 is 27.7 Å². The molecule has 0 aliphatic carbocycles. The lowest BCUT2D eigenvalue weighted by molar-refractivity contribution is -0.137. The van der Waals surface area contributed by atoms with Crippen molar-refractivity contribution in [1.82, 2.24) is 9.55 Å². The fourth-order valence-corrected chi connectivity index (χ4v) is 3.69. The second kappa shape index (κ2) is 5.96. The first-order valence-electron chi connectivity index (χ1n) is 6.16. The van der Waals surface area contributed by atoms with Crippen molar-refractivity contribution >= 4 is 44.2 Å². The lowest BCUT2D eigenvalue weighted by atomic mass is 10.2. The average Bonchev–Trinajstić information content (AvgIpc) is 2.81. The molecule has 0 saturated heterocycles. The van der Waals surface area contributed by atoms with Gasteiger partial charge in [-0.05, 0) is 35.3 Å². The quantitative estimate of drug-likeness (QED) is 0.626. The Hall–Kier alpha value is -1.75. The van der Waals surface area contributed by atoms with E-state index in [0.717, 1.165) is 15.9 Å². The van der Waals surface area contributed by atoms with E-state index in [1.165, 1.54) is 18.2 Å². The molecule has 126 valence electrons. The van der Waals surface area contributed by atoms with Crippen LogP contribution >= 0.6 is 22.9 Å². The van der Waals surface area contributed by atoms with E-state index in [1.54, 1.807) is 0 Å². The molecule has 3 aromatic rings. The number of benzene rings is 1. The summed E-state index contributed by atoms with van der Waals surface area (Å²) in [6.07, 6.45) is -4.03. The summed E-state index contributed by atoms with van der Waals surface area (Å²) in [6.45, 7) is 0. The molecule has 3 rings (SSSR count). The zero-order chi connectivity index (χ0) is 17.6. The normalized spacial score (nSPS) is 13.4. The van der Waals surface area contributed by atoms with E-state index in [0.29, 0.717) is 22.5 Å². The van der Waals surface area contributed by atoms with Crippen molar-refractivity contribution in [2.75, 3.05) is 0 Å². The molecule has 1 atom stereocenters. The second-order valence-corrected chi connectivity index (χ2v) is 6.94. The smallest absolute Gasteiger partial charge is 0.417 e. The molecule has 0 N–H and O–H groups in total. The van der Waals surface area contributed by atoms with Gasteiger partial charge < -0.3 is 4.55 Å². The molecule has 2 heterocycles. The first-order valence-corrected chi connectivity index (χ1v) is 8.43. The molecule has 0 spiro atoms. The maximum atomic E-state index is 12.7. The Bertz CT molecular complexity index is 1030. The summed E-state index contributed by atoms with van der Waals surface area (Å²) in [7, 11) is 0. The van der Waals surface area contributed by atoms with E-state index >= 15 is 0 Å². The Morgan fingerprint density at radius 3 is 2.58 bits per heavy atom. The van der Waals surface area contributed by atoms with Gasteiger partial charge in [-0.25, -0.2) is 9.55 Å². The Morgan fingerprint density at radius 1 is 1.29 bits per heavy atom. The second-order valence-electron chi connectivity index (χ2n) is 4.59. The molecule has 0 saturated carbocycles. The van der Waals surface area contributed by atoms with Crippen molar-refractivity contribution in [3.05, 3.63) is 50.7 Å². The third-order valence-electron chi connectivity index (χ3n) is 3.11. The SMILES string of the molecule is O=c1sc2cc(S(=O)[O-])ccc2n1-c1ncc(C(F)(F)F)cc1Cl. The third kappa shape index (κ3) is 2.97.